The first-order valence-corrected chi connectivity index (χ1v) is 9.07. The number of hydrogen-bond donors (Lipinski definition) is 2. The summed E-state index contributed by atoms with van der Waals surface area (Å²) < 4.78 is 19.4. The van der Waals surface area contributed by atoms with Gasteiger partial charge in [0.1, 0.15) is 11.9 Å². The third-order valence-electron chi connectivity index (χ3n) is 4.97. The molecule has 2 amide bonds. The summed E-state index contributed by atoms with van der Waals surface area (Å²) in [6.45, 7) is 3.10. The Morgan fingerprint density at radius 2 is 2.15 bits per heavy atom. The highest BCUT2D eigenvalue weighted by Crippen LogP contribution is 2.31. The number of ether oxygens (including phenoxy) is 1. The van der Waals surface area contributed by atoms with Crippen molar-refractivity contribution in [3.8, 4) is 0 Å². The van der Waals surface area contributed by atoms with Gasteiger partial charge in [-0.15, -0.1) is 0 Å². The van der Waals surface area contributed by atoms with Gasteiger partial charge in [-0.05, 0) is 36.5 Å². The third kappa shape index (κ3) is 4.10. The Hall–Kier alpha value is -1.86. The predicted molar refractivity (Wildman–Crippen MR) is 93.5 cm³/mol. The quantitative estimate of drug-likeness (QED) is 0.839. The average Bonchev–Trinajstić information content (AvgIpc) is 3.04. The number of nitrogens with one attached hydrogen (secondary N) is 1. The van der Waals surface area contributed by atoms with Crippen LogP contribution in [0.2, 0.25) is 5.02 Å². The van der Waals surface area contributed by atoms with E-state index in [0.717, 1.165) is 0 Å². The molecule has 8 heteroatoms. The standard InChI is InChI=1S/C18H22ClFN2O4/c1-10-6-12(17(23)24)9-22(8-10)18(25)21-15-4-5-26-16(15)11-2-3-13(19)14(20)7-11/h2-3,7,10,12,15-16H,4-6,8-9H2,1H3,(H,21,25)(H,23,24). The Balaban J connectivity index is 1.67. The van der Waals surface area contributed by atoms with E-state index in [2.05, 4.69) is 5.32 Å². The molecule has 142 valence electrons. The Morgan fingerprint density at radius 1 is 1.38 bits per heavy atom. The van der Waals surface area contributed by atoms with Crippen molar-refractivity contribution in [1.82, 2.24) is 10.2 Å². The molecule has 2 saturated heterocycles. The van der Waals surface area contributed by atoms with Gasteiger partial charge >= 0.3 is 12.0 Å². The molecule has 4 atom stereocenters. The van der Waals surface area contributed by atoms with E-state index in [4.69, 9.17) is 16.3 Å². The van der Waals surface area contributed by atoms with Gasteiger partial charge in [0.05, 0.1) is 17.0 Å². The maximum atomic E-state index is 13.7. The van der Waals surface area contributed by atoms with E-state index in [9.17, 15) is 19.1 Å². The molecule has 1 aromatic carbocycles. The van der Waals surface area contributed by atoms with Gasteiger partial charge < -0.3 is 20.1 Å². The second kappa shape index (κ2) is 7.80. The molecule has 0 radical (unpaired) electrons. The lowest BCUT2D eigenvalue weighted by molar-refractivity contribution is -0.143. The smallest absolute Gasteiger partial charge is 0.317 e. The minimum Gasteiger partial charge on any atom is -0.481 e. The lowest BCUT2D eigenvalue weighted by atomic mass is 9.91. The van der Waals surface area contributed by atoms with Crippen LogP contribution >= 0.6 is 11.6 Å². The molecule has 3 rings (SSSR count). The molecule has 0 aliphatic carbocycles. The van der Waals surface area contributed by atoms with Gasteiger partial charge in [-0.1, -0.05) is 24.6 Å². The van der Waals surface area contributed by atoms with Crippen LogP contribution in [0.15, 0.2) is 18.2 Å². The van der Waals surface area contributed by atoms with Crippen LogP contribution in [-0.4, -0.2) is 47.7 Å². The van der Waals surface area contributed by atoms with Crippen LogP contribution in [0, 0.1) is 17.7 Å². The average molecular weight is 385 g/mol. The molecule has 2 N–H and O–H groups in total. The Kier molecular flexibility index (Phi) is 5.67. The summed E-state index contributed by atoms with van der Waals surface area (Å²) >= 11 is 5.72. The number of halogens is 2. The number of urea groups is 1. The second-order valence-electron chi connectivity index (χ2n) is 7.09. The fourth-order valence-corrected chi connectivity index (χ4v) is 3.82. The Morgan fingerprint density at radius 3 is 2.85 bits per heavy atom. The second-order valence-corrected chi connectivity index (χ2v) is 7.50. The normalized spacial score (nSPS) is 28.8. The number of carboxylic acids is 1. The zero-order valence-corrected chi connectivity index (χ0v) is 15.2. The van der Waals surface area contributed by atoms with Crippen molar-refractivity contribution in [1.29, 1.82) is 0 Å². The molecule has 1 aromatic rings. The van der Waals surface area contributed by atoms with Crippen molar-refractivity contribution in [3.05, 3.63) is 34.6 Å². The largest absolute Gasteiger partial charge is 0.481 e. The number of piperidine rings is 1. The van der Waals surface area contributed by atoms with E-state index in [0.29, 0.717) is 31.6 Å². The fraction of sp³-hybridized carbons (Fsp3) is 0.556. The van der Waals surface area contributed by atoms with Gasteiger partial charge in [0.2, 0.25) is 0 Å². The predicted octanol–water partition coefficient (Wildman–Crippen LogP) is 3.06. The summed E-state index contributed by atoms with van der Waals surface area (Å²) in [4.78, 5) is 25.5. The summed E-state index contributed by atoms with van der Waals surface area (Å²) in [5.74, 6) is -1.84. The first-order chi connectivity index (χ1) is 12.3. The van der Waals surface area contributed by atoms with E-state index in [1.54, 1.807) is 11.0 Å². The SMILES string of the molecule is CC1CC(C(=O)O)CN(C(=O)NC2CCOC2c2ccc(Cl)c(F)c2)C1. The van der Waals surface area contributed by atoms with Crippen LogP contribution in [0.1, 0.15) is 31.4 Å². The minimum absolute atomic E-state index is 0.0364. The zero-order valence-electron chi connectivity index (χ0n) is 14.5. The summed E-state index contributed by atoms with van der Waals surface area (Å²) in [5, 5.41) is 12.2. The number of aliphatic carboxylic acids is 1. The lowest BCUT2D eigenvalue weighted by Gasteiger charge is -2.35. The number of rotatable bonds is 3. The fourth-order valence-electron chi connectivity index (χ4n) is 3.70. The molecule has 2 aliphatic heterocycles. The first kappa shape index (κ1) is 18.9. The van der Waals surface area contributed by atoms with E-state index >= 15 is 0 Å². The molecule has 4 unspecified atom stereocenters. The summed E-state index contributed by atoms with van der Waals surface area (Å²) in [7, 11) is 0. The lowest BCUT2D eigenvalue weighted by Crippen LogP contribution is -2.52. The van der Waals surface area contributed by atoms with Crippen molar-refractivity contribution in [2.24, 2.45) is 11.8 Å². The van der Waals surface area contributed by atoms with Gasteiger partial charge in [-0.2, -0.15) is 0 Å². The van der Waals surface area contributed by atoms with Gasteiger partial charge in [0.25, 0.3) is 0 Å². The number of carbonyl (C=O) groups is 2. The van der Waals surface area contributed by atoms with Crippen LogP contribution in [0.3, 0.4) is 0 Å². The van der Waals surface area contributed by atoms with Gasteiger partial charge in [-0.3, -0.25) is 4.79 Å². The number of carbonyl (C=O) groups excluding carboxylic acids is 1. The number of nitrogens with zero attached hydrogens (tertiary/aromatic N) is 1. The van der Waals surface area contributed by atoms with Crippen molar-refractivity contribution in [2.45, 2.75) is 31.9 Å². The van der Waals surface area contributed by atoms with Crippen molar-refractivity contribution >= 4 is 23.6 Å². The summed E-state index contributed by atoms with van der Waals surface area (Å²) in [5.41, 5.74) is 0.616. The molecule has 0 saturated carbocycles. The molecule has 0 spiro atoms. The van der Waals surface area contributed by atoms with Crippen molar-refractivity contribution in [3.63, 3.8) is 0 Å². The van der Waals surface area contributed by atoms with Crippen LogP contribution < -0.4 is 5.32 Å². The maximum Gasteiger partial charge on any atom is 0.317 e. The molecule has 2 fully saturated rings. The molecule has 0 aromatic heterocycles. The van der Waals surface area contributed by atoms with E-state index < -0.39 is 23.8 Å². The first-order valence-electron chi connectivity index (χ1n) is 8.70. The molecule has 0 bridgehead atoms. The van der Waals surface area contributed by atoms with Gasteiger partial charge in [-0.25, -0.2) is 9.18 Å². The van der Waals surface area contributed by atoms with E-state index in [1.807, 2.05) is 6.92 Å². The van der Waals surface area contributed by atoms with E-state index in [-0.39, 0.29) is 29.6 Å². The molecule has 26 heavy (non-hydrogen) atoms. The Bertz CT molecular complexity index is 702. The molecule has 2 aliphatic rings. The number of benzene rings is 1. The number of hydrogen-bond acceptors (Lipinski definition) is 3. The summed E-state index contributed by atoms with van der Waals surface area (Å²) in [6, 6.07) is 3.86. The van der Waals surface area contributed by atoms with Crippen molar-refractivity contribution < 1.29 is 23.8 Å². The van der Waals surface area contributed by atoms with Crippen LogP contribution in [0.5, 0.6) is 0 Å². The molecular formula is C18H22ClFN2O4. The third-order valence-corrected chi connectivity index (χ3v) is 5.28. The maximum absolute atomic E-state index is 13.7. The van der Waals surface area contributed by atoms with Crippen LogP contribution in [0.4, 0.5) is 9.18 Å². The highest BCUT2D eigenvalue weighted by atomic mass is 35.5. The molecular weight excluding hydrogens is 363 g/mol. The molecule has 2 heterocycles. The highest BCUT2D eigenvalue weighted by molar-refractivity contribution is 6.30. The monoisotopic (exact) mass is 384 g/mol. The van der Waals surface area contributed by atoms with E-state index in [1.165, 1.54) is 12.1 Å². The van der Waals surface area contributed by atoms with Crippen molar-refractivity contribution in [2.75, 3.05) is 19.7 Å². The Labute approximate surface area is 156 Å². The highest BCUT2D eigenvalue weighted by Gasteiger charge is 2.36. The number of amides is 2. The topological polar surface area (TPSA) is 78.9 Å². The van der Waals surface area contributed by atoms with Crippen LogP contribution in [-0.2, 0) is 9.53 Å². The molecule has 6 nitrogen and oxygen atoms in total. The van der Waals surface area contributed by atoms with Crippen LogP contribution in [0.25, 0.3) is 0 Å². The summed E-state index contributed by atoms with van der Waals surface area (Å²) in [6.07, 6.45) is 0.716. The van der Waals surface area contributed by atoms with Gasteiger partial charge in [0.15, 0.2) is 0 Å². The number of likely N-dealkylation sites (tertiary alicyclic amines) is 1. The zero-order chi connectivity index (χ0) is 18.8. The minimum atomic E-state index is -0.881. The van der Waals surface area contributed by atoms with Gasteiger partial charge in [0, 0.05) is 19.7 Å². The number of carboxylic acid groups (broad SMARTS) is 1.